The van der Waals surface area contributed by atoms with Crippen LogP contribution in [-0.4, -0.2) is 31.9 Å². The van der Waals surface area contributed by atoms with Gasteiger partial charge in [0.15, 0.2) is 0 Å². The van der Waals surface area contributed by atoms with Gasteiger partial charge in [0.1, 0.15) is 3.53 Å². The SMILES string of the molecule is C#CC.C/C=C\C(=C/C)C(=O)N(CSC(=S)SCCCC)C(C)=O. The van der Waals surface area contributed by atoms with Crippen LogP contribution in [0.25, 0.3) is 0 Å². The Bertz CT molecular complexity index is 505. The first-order valence-electron chi connectivity index (χ1n) is 7.67. The molecule has 0 spiro atoms. The lowest BCUT2D eigenvalue weighted by Crippen LogP contribution is -2.35. The number of imide groups is 1. The molecular formula is C18H27NO2S3. The summed E-state index contributed by atoms with van der Waals surface area (Å²) in [4.78, 5) is 25.2. The fourth-order valence-corrected chi connectivity index (χ4v) is 3.66. The molecule has 0 aromatic carbocycles. The molecule has 3 nitrogen and oxygen atoms in total. The Morgan fingerprint density at radius 3 is 2.29 bits per heavy atom. The number of terminal acetylenes is 1. The molecule has 0 aliphatic heterocycles. The molecule has 0 saturated heterocycles. The van der Waals surface area contributed by atoms with Gasteiger partial charge in [-0.3, -0.25) is 14.5 Å². The minimum atomic E-state index is -0.281. The number of hydrogen-bond acceptors (Lipinski definition) is 5. The van der Waals surface area contributed by atoms with E-state index in [1.165, 1.54) is 23.6 Å². The van der Waals surface area contributed by atoms with Crippen LogP contribution in [0.2, 0.25) is 0 Å². The highest BCUT2D eigenvalue weighted by Gasteiger charge is 2.20. The van der Waals surface area contributed by atoms with E-state index in [-0.39, 0.29) is 17.7 Å². The Hall–Kier alpha value is -1.03. The number of carbonyl (C=O) groups is 2. The van der Waals surface area contributed by atoms with Gasteiger partial charge in [0.2, 0.25) is 5.91 Å². The quantitative estimate of drug-likeness (QED) is 0.153. The summed E-state index contributed by atoms with van der Waals surface area (Å²) in [6, 6.07) is 0. The van der Waals surface area contributed by atoms with Gasteiger partial charge in [0.05, 0.1) is 5.88 Å². The van der Waals surface area contributed by atoms with E-state index in [1.807, 2.05) is 6.92 Å². The lowest BCUT2D eigenvalue weighted by molar-refractivity contribution is -0.139. The Morgan fingerprint density at radius 2 is 1.88 bits per heavy atom. The number of thiocarbonyl (C=S) groups is 1. The highest BCUT2D eigenvalue weighted by Crippen LogP contribution is 2.20. The van der Waals surface area contributed by atoms with E-state index >= 15 is 0 Å². The van der Waals surface area contributed by atoms with Crippen LogP contribution in [0, 0.1) is 12.3 Å². The molecule has 24 heavy (non-hydrogen) atoms. The molecule has 0 N–H and O–H groups in total. The maximum atomic E-state index is 12.3. The molecule has 0 unspecified atom stereocenters. The van der Waals surface area contributed by atoms with Crippen molar-refractivity contribution >= 4 is 51.1 Å². The van der Waals surface area contributed by atoms with Gasteiger partial charge < -0.3 is 0 Å². The average molecular weight is 386 g/mol. The van der Waals surface area contributed by atoms with Crippen LogP contribution in [0.4, 0.5) is 0 Å². The predicted molar refractivity (Wildman–Crippen MR) is 113 cm³/mol. The Morgan fingerprint density at radius 1 is 1.29 bits per heavy atom. The first-order valence-corrected chi connectivity index (χ1v) is 10.1. The Labute approximate surface area is 160 Å². The zero-order chi connectivity index (χ0) is 19.0. The second-order valence-corrected chi connectivity index (χ2v) is 7.75. The molecule has 0 aromatic heterocycles. The molecule has 0 rings (SSSR count). The van der Waals surface area contributed by atoms with Crippen molar-refractivity contribution in [2.24, 2.45) is 0 Å². The van der Waals surface area contributed by atoms with Gasteiger partial charge >= 0.3 is 0 Å². The lowest BCUT2D eigenvalue weighted by atomic mass is 10.2. The number of rotatable bonds is 7. The van der Waals surface area contributed by atoms with Gasteiger partial charge in [0.25, 0.3) is 5.91 Å². The minimum absolute atomic E-state index is 0.265. The normalized spacial score (nSPS) is 10.6. The molecule has 0 radical (unpaired) electrons. The topological polar surface area (TPSA) is 37.4 Å². The fourth-order valence-electron chi connectivity index (χ4n) is 1.38. The first kappa shape index (κ1) is 25.2. The molecule has 0 fully saturated rings. The minimum Gasteiger partial charge on any atom is -0.275 e. The van der Waals surface area contributed by atoms with Crippen LogP contribution in [0.3, 0.4) is 0 Å². The van der Waals surface area contributed by atoms with E-state index < -0.39 is 0 Å². The van der Waals surface area contributed by atoms with Gasteiger partial charge in [-0.15, -0.1) is 24.1 Å². The largest absolute Gasteiger partial charge is 0.275 e. The smallest absolute Gasteiger partial charge is 0.260 e. The average Bonchev–Trinajstić information content (AvgIpc) is 2.53. The monoisotopic (exact) mass is 385 g/mol. The Kier molecular flexibility index (Phi) is 17.7. The van der Waals surface area contributed by atoms with Crippen molar-refractivity contribution in [3.63, 3.8) is 0 Å². The molecule has 0 aromatic rings. The second kappa shape index (κ2) is 16.8. The maximum Gasteiger partial charge on any atom is 0.260 e. The summed E-state index contributed by atoms with van der Waals surface area (Å²) in [5.41, 5.74) is 0.512. The van der Waals surface area contributed by atoms with Crippen LogP contribution in [0.5, 0.6) is 0 Å². The summed E-state index contributed by atoms with van der Waals surface area (Å²) in [5, 5.41) is 0. The molecule has 0 aliphatic carbocycles. The highest BCUT2D eigenvalue weighted by molar-refractivity contribution is 8.47. The van der Waals surface area contributed by atoms with E-state index in [0.29, 0.717) is 5.57 Å². The number of allylic oxidation sites excluding steroid dienone is 2. The third-order valence-corrected chi connectivity index (χ3v) is 5.32. The number of thioether (sulfide) groups is 2. The van der Waals surface area contributed by atoms with Gasteiger partial charge in [-0.25, -0.2) is 0 Å². The van der Waals surface area contributed by atoms with Crippen molar-refractivity contribution in [3.8, 4) is 12.3 Å². The number of unbranched alkanes of at least 4 members (excludes halogenated alkanes) is 1. The molecule has 0 heterocycles. The fraction of sp³-hybridized carbons (Fsp3) is 0.500. The molecule has 6 heteroatoms. The van der Waals surface area contributed by atoms with Gasteiger partial charge in [0, 0.05) is 12.5 Å². The van der Waals surface area contributed by atoms with E-state index in [2.05, 4.69) is 19.3 Å². The summed E-state index contributed by atoms with van der Waals surface area (Å²) in [7, 11) is 0. The standard InChI is InChI=1S/C15H23NO2S3.C3H4/c1-5-8-10-20-15(19)21-11-16(12(4)17)14(18)13(7-3)9-6-2;1-3-2/h6-7,9H,5,8,10-11H2,1-4H3;1H,2H3/b9-6-,13-7+;. The molecule has 2 amide bonds. The van der Waals surface area contributed by atoms with Crippen LogP contribution in [0.15, 0.2) is 23.8 Å². The van der Waals surface area contributed by atoms with E-state index in [9.17, 15) is 9.59 Å². The predicted octanol–water partition coefficient (Wildman–Crippen LogP) is 5.03. The van der Waals surface area contributed by atoms with Crippen molar-refractivity contribution < 1.29 is 9.59 Å². The molecule has 0 aliphatic rings. The van der Waals surface area contributed by atoms with Crippen molar-refractivity contribution in [1.29, 1.82) is 0 Å². The van der Waals surface area contributed by atoms with Gasteiger partial charge in [-0.1, -0.05) is 55.6 Å². The van der Waals surface area contributed by atoms with E-state index in [1.54, 1.807) is 43.8 Å². The van der Waals surface area contributed by atoms with Crippen molar-refractivity contribution in [3.05, 3.63) is 23.8 Å². The summed E-state index contributed by atoms with van der Waals surface area (Å²) in [6.07, 6.45) is 12.0. The van der Waals surface area contributed by atoms with Gasteiger partial charge in [-0.2, -0.15) is 0 Å². The van der Waals surface area contributed by atoms with E-state index in [4.69, 9.17) is 12.2 Å². The summed E-state index contributed by atoms with van der Waals surface area (Å²) in [6.45, 7) is 8.80. The zero-order valence-electron chi connectivity index (χ0n) is 15.1. The summed E-state index contributed by atoms with van der Waals surface area (Å²) >= 11 is 8.22. The molecule has 0 atom stereocenters. The van der Waals surface area contributed by atoms with Gasteiger partial charge in [-0.05, 0) is 32.9 Å². The molecule has 134 valence electrons. The van der Waals surface area contributed by atoms with E-state index in [0.717, 1.165) is 22.1 Å². The molecule has 0 bridgehead atoms. The summed E-state index contributed by atoms with van der Waals surface area (Å²) < 4.78 is 0.774. The number of nitrogens with zero attached hydrogens (tertiary/aromatic N) is 1. The third-order valence-electron chi connectivity index (χ3n) is 2.56. The maximum absolute atomic E-state index is 12.3. The van der Waals surface area contributed by atoms with Crippen molar-refractivity contribution in [1.82, 2.24) is 4.90 Å². The Balaban J connectivity index is 0. The second-order valence-electron chi connectivity index (χ2n) is 4.51. The van der Waals surface area contributed by atoms with Crippen LogP contribution < -0.4 is 0 Å². The van der Waals surface area contributed by atoms with Crippen molar-refractivity contribution in [2.45, 2.75) is 47.5 Å². The number of amides is 2. The van der Waals surface area contributed by atoms with Crippen LogP contribution in [0.1, 0.15) is 47.5 Å². The molecule has 0 saturated carbocycles. The number of carbonyl (C=O) groups excluding carboxylic acids is 2. The van der Waals surface area contributed by atoms with Crippen LogP contribution in [-0.2, 0) is 9.59 Å². The first-order chi connectivity index (χ1) is 11.4. The molecular weight excluding hydrogens is 358 g/mol. The van der Waals surface area contributed by atoms with Crippen molar-refractivity contribution in [2.75, 3.05) is 11.6 Å². The third kappa shape index (κ3) is 12.4. The lowest BCUT2D eigenvalue weighted by Gasteiger charge is -2.19. The zero-order valence-corrected chi connectivity index (χ0v) is 17.6. The van der Waals surface area contributed by atoms with Crippen LogP contribution >= 0.6 is 35.7 Å². The number of hydrogen-bond donors (Lipinski definition) is 0. The highest BCUT2D eigenvalue weighted by atomic mass is 32.2. The summed E-state index contributed by atoms with van der Waals surface area (Å²) in [5.74, 6) is 2.95.